The zero-order valence-corrected chi connectivity index (χ0v) is 25.1. The second kappa shape index (κ2) is 13.4. The molecule has 1 aromatic heterocycles. The zero-order valence-electron chi connectivity index (χ0n) is 23.5. The van der Waals surface area contributed by atoms with Crippen molar-refractivity contribution < 1.29 is 19.0 Å². The van der Waals surface area contributed by atoms with Crippen molar-refractivity contribution in [1.82, 2.24) is 19.4 Å². The van der Waals surface area contributed by atoms with Crippen LogP contribution in [-0.4, -0.2) is 90.4 Å². The molecule has 0 radical (unpaired) electrons. The molecule has 0 spiro atoms. The molecule has 9 nitrogen and oxygen atoms in total. The van der Waals surface area contributed by atoms with E-state index >= 15 is 0 Å². The molecule has 2 aliphatic rings. The average Bonchev–Trinajstić information content (AvgIpc) is 3.64. The highest BCUT2D eigenvalue weighted by atomic mass is 35.5. The highest BCUT2D eigenvalue weighted by Gasteiger charge is 2.45. The second-order valence-corrected chi connectivity index (χ2v) is 11.1. The van der Waals surface area contributed by atoms with Gasteiger partial charge in [-0.05, 0) is 50.2 Å². The topological polar surface area (TPSA) is 72.3 Å². The smallest absolute Gasteiger partial charge is 0.236 e. The minimum Gasteiger partial charge on any atom is -0.491 e. The Morgan fingerprint density at radius 3 is 2.51 bits per heavy atom. The van der Waals surface area contributed by atoms with Crippen molar-refractivity contribution in [1.29, 1.82) is 0 Å². The third kappa shape index (κ3) is 7.16. The van der Waals surface area contributed by atoms with E-state index in [0.717, 1.165) is 50.7 Å². The van der Waals surface area contributed by atoms with Gasteiger partial charge in [-0.15, -0.1) is 0 Å². The van der Waals surface area contributed by atoms with Crippen molar-refractivity contribution in [3.05, 3.63) is 76.8 Å². The highest BCUT2D eigenvalue weighted by molar-refractivity contribution is 6.35. The Balaban J connectivity index is 1.15. The summed E-state index contributed by atoms with van der Waals surface area (Å²) in [6.45, 7) is 10.6. The van der Waals surface area contributed by atoms with Crippen molar-refractivity contribution in [2.45, 2.75) is 32.3 Å². The van der Waals surface area contributed by atoms with Crippen LogP contribution >= 0.6 is 23.2 Å². The molecule has 2 aromatic carbocycles. The number of hydrogen-bond acceptors (Lipinski definition) is 7. The van der Waals surface area contributed by atoms with E-state index in [4.69, 9.17) is 37.4 Å². The molecule has 2 atom stereocenters. The molecule has 2 aliphatic heterocycles. The third-order valence-corrected chi connectivity index (χ3v) is 8.18. The van der Waals surface area contributed by atoms with Crippen LogP contribution in [0.25, 0.3) is 0 Å². The van der Waals surface area contributed by atoms with Crippen molar-refractivity contribution in [3.8, 4) is 5.75 Å². The summed E-state index contributed by atoms with van der Waals surface area (Å²) in [7, 11) is 0. The number of piperazine rings is 1. The first kappa shape index (κ1) is 29.7. The first-order valence-electron chi connectivity index (χ1n) is 14.1. The molecule has 2 saturated heterocycles. The fourth-order valence-corrected chi connectivity index (χ4v) is 5.90. The van der Waals surface area contributed by atoms with Gasteiger partial charge in [-0.2, -0.15) is 0 Å². The zero-order chi connectivity index (χ0) is 28.8. The summed E-state index contributed by atoms with van der Waals surface area (Å²) in [5, 5.41) is 1.02. The number of benzene rings is 2. The van der Waals surface area contributed by atoms with Crippen molar-refractivity contribution in [2.24, 2.45) is 0 Å². The lowest BCUT2D eigenvalue weighted by atomic mass is 10.1. The number of halogens is 2. The van der Waals surface area contributed by atoms with Gasteiger partial charge in [-0.1, -0.05) is 29.3 Å². The molecule has 0 saturated carbocycles. The van der Waals surface area contributed by atoms with Gasteiger partial charge in [-0.25, -0.2) is 4.98 Å². The van der Waals surface area contributed by atoms with E-state index in [1.165, 1.54) is 0 Å². The van der Waals surface area contributed by atoms with Gasteiger partial charge in [0.05, 0.1) is 31.0 Å². The Labute approximate surface area is 251 Å². The Morgan fingerprint density at radius 2 is 1.85 bits per heavy atom. The van der Waals surface area contributed by atoms with Gasteiger partial charge >= 0.3 is 0 Å². The monoisotopic (exact) mass is 601 g/mol. The predicted octanol–water partition coefficient (Wildman–Crippen LogP) is 4.53. The minimum atomic E-state index is -1.08. The van der Waals surface area contributed by atoms with E-state index < -0.39 is 5.79 Å². The molecule has 0 N–H and O–H groups in total. The Kier molecular flexibility index (Phi) is 9.72. The maximum Gasteiger partial charge on any atom is 0.236 e. The quantitative estimate of drug-likeness (QED) is 0.320. The Bertz CT molecular complexity index is 1280. The van der Waals surface area contributed by atoms with Crippen LogP contribution in [0.4, 0.5) is 5.69 Å². The largest absolute Gasteiger partial charge is 0.491 e. The van der Waals surface area contributed by atoms with E-state index in [-0.39, 0.29) is 12.0 Å². The number of nitrogens with zero attached hydrogens (tertiary/aromatic N) is 5. The number of carbonyl (C=O) groups is 1. The molecule has 2 unspecified atom stereocenters. The Hall–Kier alpha value is -2.82. The van der Waals surface area contributed by atoms with Crippen molar-refractivity contribution in [2.75, 3.05) is 63.9 Å². The van der Waals surface area contributed by atoms with Crippen LogP contribution in [0.3, 0.4) is 0 Å². The number of hydrogen-bond donors (Lipinski definition) is 0. The average molecular weight is 603 g/mol. The van der Waals surface area contributed by atoms with Crippen LogP contribution < -0.4 is 9.64 Å². The van der Waals surface area contributed by atoms with E-state index in [1.807, 2.05) is 47.7 Å². The first-order chi connectivity index (χ1) is 19.9. The Morgan fingerprint density at radius 1 is 1.10 bits per heavy atom. The lowest BCUT2D eigenvalue weighted by molar-refractivity contribution is -0.189. The summed E-state index contributed by atoms with van der Waals surface area (Å²) in [6, 6.07) is 13.4. The van der Waals surface area contributed by atoms with Crippen LogP contribution in [0.15, 0.2) is 61.2 Å². The minimum absolute atomic E-state index is 0.205. The highest BCUT2D eigenvalue weighted by Crippen LogP contribution is 2.40. The molecule has 2 fully saturated rings. The maximum absolute atomic E-state index is 12.5. The van der Waals surface area contributed by atoms with E-state index in [1.54, 1.807) is 24.7 Å². The summed E-state index contributed by atoms with van der Waals surface area (Å²) >= 11 is 12.7. The van der Waals surface area contributed by atoms with Gasteiger partial charge in [0.25, 0.3) is 0 Å². The number of aromatic nitrogens is 2. The van der Waals surface area contributed by atoms with Crippen LogP contribution in [0, 0.1) is 0 Å². The molecule has 11 heteroatoms. The predicted molar refractivity (Wildman–Crippen MR) is 160 cm³/mol. The van der Waals surface area contributed by atoms with Crippen molar-refractivity contribution in [3.63, 3.8) is 0 Å². The number of likely N-dealkylation sites (N-methyl/N-ethyl adjacent to an activating group) is 1. The van der Waals surface area contributed by atoms with Crippen LogP contribution in [0.2, 0.25) is 10.0 Å². The van der Waals surface area contributed by atoms with Gasteiger partial charge < -0.3 is 28.6 Å². The SMILES string of the molecule is CCN(CC)C(=O)CN1CCN(c2ccc(OCC3COC(Cn4ccnc4)(c4ccc(Cl)cc4Cl)O3)cc2)CC1. The summed E-state index contributed by atoms with van der Waals surface area (Å²) in [6.07, 6.45) is 4.99. The second-order valence-electron chi connectivity index (χ2n) is 10.3. The van der Waals surface area contributed by atoms with Crippen molar-refractivity contribution >= 4 is 34.8 Å². The summed E-state index contributed by atoms with van der Waals surface area (Å²) < 4.78 is 20.7. The lowest BCUT2D eigenvalue weighted by Crippen LogP contribution is -2.50. The van der Waals surface area contributed by atoms with E-state index in [2.05, 4.69) is 26.9 Å². The van der Waals surface area contributed by atoms with Gasteiger partial charge in [0.2, 0.25) is 11.7 Å². The van der Waals surface area contributed by atoms with E-state index in [0.29, 0.717) is 41.9 Å². The molecule has 41 heavy (non-hydrogen) atoms. The number of imidazole rings is 1. The summed E-state index contributed by atoms with van der Waals surface area (Å²) in [5.74, 6) is -0.118. The normalized spacial score (nSPS) is 21.3. The van der Waals surface area contributed by atoms with Gasteiger partial charge in [-0.3, -0.25) is 9.69 Å². The number of rotatable bonds is 11. The molecule has 5 rings (SSSR count). The molecule has 0 bridgehead atoms. The van der Waals surface area contributed by atoms with Crippen LogP contribution in [0.5, 0.6) is 5.75 Å². The lowest BCUT2D eigenvalue weighted by Gasteiger charge is -2.36. The number of anilines is 1. The van der Waals surface area contributed by atoms with Gasteiger partial charge in [0, 0.05) is 67.9 Å². The summed E-state index contributed by atoms with van der Waals surface area (Å²) in [5.41, 5.74) is 1.85. The molecule has 3 heterocycles. The standard InChI is InChI=1S/C30H37Cl2N5O4/c1-3-36(4-2)29(38)18-34-13-15-37(16-14-34)24-6-8-25(9-7-24)39-19-26-20-40-30(41-26,21-35-12-11-33-22-35)27-10-5-23(31)17-28(27)32/h5-12,17,22,26H,3-4,13-16,18-21H2,1-2H3. The molecule has 3 aromatic rings. The molecule has 1 amide bonds. The fourth-order valence-electron chi connectivity index (χ4n) is 5.35. The number of ether oxygens (including phenoxy) is 3. The first-order valence-corrected chi connectivity index (χ1v) is 14.9. The number of carbonyl (C=O) groups excluding carboxylic acids is 1. The molecular weight excluding hydrogens is 565 g/mol. The maximum atomic E-state index is 12.5. The van der Waals surface area contributed by atoms with Crippen LogP contribution in [0.1, 0.15) is 19.4 Å². The van der Waals surface area contributed by atoms with Gasteiger partial charge in [0.15, 0.2) is 0 Å². The van der Waals surface area contributed by atoms with Gasteiger partial charge in [0.1, 0.15) is 18.5 Å². The summed E-state index contributed by atoms with van der Waals surface area (Å²) in [4.78, 5) is 23.1. The third-order valence-electron chi connectivity index (χ3n) is 7.64. The van der Waals surface area contributed by atoms with E-state index in [9.17, 15) is 4.79 Å². The van der Waals surface area contributed by atoms with Crippen LogP contribution in [-0.2, 0) is 26.6 Å². The molecular formula is C30H37Cl2N5O4. The molecule has 0 aliphatic carbocycles. The fraction of sp³-hybridized carbons (Fsp3) is 0.467. The molecule has 220 valence electrons. The number of amides is 1.